The van der Waals surface area contributed by atoms with Gasteiger partial charge in [-0.15, -0.1) is 0 Å². The highest BCUT2D eigenvalue weighted by Gasteiger charge is 2.44. The summed E-state index contributed by atoms with van der Waals surface area (Å²) < 4.78 is 0. The maximum absolute atomic E-state index is 3.72. The molecule has 0 spiro atoms. The molecule has 0 rings (SSSR count). The lowest BCUT2D eigenvalue weighted by Crippen LogP contribution is -2.55. The molecule has 0 radical (unpaired) electrons. The summed E-state index contributed by atoms with van der Waals surface area (Å²) in [7, 11) is -1.95. The Labute approximate surface area is 124 Å². The maximum Gasteiger partial charge on any atom is 0.0732 e. The van der Waals surface area contributed by atoms with Gasteiger partial charge in [0.25, 0.3) is 0 Å². The van der Waals surface area contributed by atoms with Crippen LogP contribution in [0.2, 0.25) is 24.2 Å². The summed E-state index contributed by atoms with van der Waals surface area (Å²) in [5.74, 6) is 0. The van der Waals surface area contributed by atoms with Crippen molar-refractivity contribution in [1.29, 1.82) is 0 Å². The smallest absolute Gasteiger partial charge is 0.0732 e. The second-order valence-corrected chi connectivity index (χ2v) is 20.9. The van der Waals surface area contributed by atoms with Gasteiger partial charge in [0, 0.05) is 14.4 Å². The molecule has 0 aliphatic carbocycles. The largest absolute Gasteiger partial charge is 0.315 e. The molecule has 0 bridgehead atoms. The van der Waals surface area contributed by atoms with Crippen LogP contribution >= 0.6 is 0 Å². The van der Waals surface area contributed by atoms with Crippen molar-refractivity contribution < 1.29 is 0 Å². The van der Waals surface area contributed by atoms with Gasteiger partial charge in [0.2, 0.25) is 0 Å². The van der Waals surface area contributed by atoms with Gasteiger partial charge in [0.15, 0.2) is 0 Å². The van der Waals surface area contributed by atoms with Crippen LogP contribution in [0.4, 0.5) is 0 Å². The van der Waals surface area contributed by atoms with E-state index in [-0.39, 0.29) is 0 Å². The number of hydrogen-bond acceptors (Lipinski definition) is 1. The Balaban J connectivity index is 5.10. The first-order valence-electron chi connectivity index (χ1n) is 7.96. The molecule has 0 aromatic heterocycles. The minimum atomic E-state index is -1.30. The van der Waals surface area contributed by atoms with E-state index in [2.05, 4.69) is 72.6 Å². The molecule has 2 unspecified atom stereocenters. The molecule has 1 nitrogen and oxygen atoms in total. The number of allylic oxidation sites excluding steroid dienone is 1. The highest BCUT2D eigenvalue weighted by molar-refractivity contribution is 7.36. The molecule has 0 aliphatic heterocycles. The van der Waals surface area contributed by atoms with Crippen LogP contribution in [0.25, 0.3) is 0 Å². The van der Waals surface area contributed by atoms with Gasteiger partial charge in [-0.05, 0) is 44.8 Å². The minimum absolute atomic E-state index is 0.488. The van der Waals surface area contributed by atoms with Crippen LogP contribution < -0.4 is 5.32 Å². The molecule has 0 saturated carbocycles. The van der Waals surface area contributed by atoms with Crippen molar-refractivity contribution in [2.24, 2.45) is 0 Å². The van der Waals surface area contributed by atoms with Crippen molar-refractivity contribution in [2.75, 3.05) is 6.54 Å². The van der Waals surface area contributed by atoms with Gasteiger partial charge in [-0.3, -0.25) is 0 Å². The summed E-state index contributed by atoms with van der Waals surface area (Å²) in [6.45, 7) is 22.9. The summed E-state index contributed by atoms with van der Waals surface area (Å²) in [6.07, 6.45) is 1.23. The van der Waals surface area contributed by atoms with E-state index in [0.29, 0.717) is 11.1 Å². The maximum atomic E-state index is 3.72. The molecule has 19 heavy (non-hydrogen) atoms. The SMILES string of the molecule is CCC(C)NCC[Si](C=C(C)C)([SiH](C)C)C(C)(C)C. The Hall–Kier alpha value is 0.134. The molecule has 0 aromatic rings. The van der Waals surface area contributed by atoms with Gasteiger partial charge in [-0.2, -0.15) is 0 Å². The fraction of sp³-hybridized carbons (Fsp3) is 0.875. The average molecular weight is 300 g/mol. The zero-order valence-corrected chi connectivity index (χ0v) is 17.0. The van der Waals surface area contributed by atoms with Crippen LogP contribution in [0.3, 0.4) is 0 Å². The first-order chi connectivity index (χ1) is 8.56. The number of nitrogens with one attached hydrogen (secondary N) is 1. The highest BCUT2D eigenvalue weighted by atomic mass is 29.2. The fourth-order valence-electron chi connectivity index (χ4n) is 3.17. The summed E-state index contributed by atoms with van der Waals surface area (Å²) >= 11 is 0. The molecule has 0 heterocycles. The van der Waals surface area contributed by atoms with E-state index in [1.807, 2.05) is 0 Å². The van der Waals surface area contributed by atoms with E-state index >= 15 is 0 Å². The Morgan fingerprint density at radius 2 is 1.79 bits per heavy atom. The summed E-state index contributed by atoms with van der Waals surface area (Å²) in [5.41, 5.74) is 4.26. The third kappa shape index (κ3) is 5.56. The zero-order valence-electron chi connectivity index (χ0n) is 14.9. The lowest BCUT2D eigenvalue weighted by Gasteiger charge is -2.45. The molecule has 0 amide bonds. The molecule has 1 N–H and O–H groups in total. The predicted molar refractivity (Wildman–Crippen MR) is 96.3 cm³/mol. The number of rotatable bonds is 7. The Morgan fingerprint density at radius 3 is 2.11 bits per heavy atom. The molecular weight excluding hydrogens is 262 g/mol. The van der Waals surface area contributed by atoms with Crippen molar-refractivity contribution in [2.45, 2.75) is 85.1 Å². The highest BCUT2D eigenvalue weighted by Crippen LogP contribution is 2.42. The van der Waals surface area contributed by atoms with Crippen molar-refractivity contribution in [3.63, 3.8) is 0 Å². The molecule has 0 saturated heterocycles. The summed E-state index contributed by atoms with van der Waals surface area (Å²) in [6, 6.07) is 2.07. The van der Waals surface area contributed by atoms with E-state index < -0.39 is 15.9 Å². The van der Waals surface area contributed by atoms with E-state index in [9.17, 15) is 0 Å². The topological polar surface area (TPSA) is 12.0 Å². The minimum Gasteiger partial charge on any atom is -0.315 e. The Kier molecular flexibility index (Phi) is 7.85. The van der Waals surface area contributed by atoms with E-state index in [1.54, 1.807) is 0 Å². The molecule has 0 fully saturated rings. The monoisotopic (exact) mass is 299 g/mol. The quantitative estimate of drug-likeness (QED) is 0.672. The van der Waals surface area contributed by atoms with Crippen LogP contribution in [0.1, 0.15) is 54.9 Å². The van der Waals surface area contributed by atoms with E-state index in [4.69, 9.17) is 0 Å². The average Bonchev–Trinajstić information content (AvgIpc) is 2.24. The van der Waals surface area contributed by atoms with Gasteiger partial charge in [0.05, 0.1) is 7.59 Å². The lowest BCUT2D eigenvalue weighted by molar-refractivity contribution is 0.548. The van der Waals surface area contributed by atoms with Crippen molar-refractivity contribution in [3.8, 4) is 0 Å². The van der Waals surface area contributed by atoms with Crippen molar-refractivity contribution in [3.05, 3.63) is 11.3 Å². The second-order valence-electron chi connectivity index (χ2n) is 7.68. The first kappa shape index (κ1) is 19.1. The number of hydrogen-bond donors (Lipinski definition) is 1. The lowest BCUT2D eigenvalue weighted by atomic mass is 10.2. The van der Waals surface area contributed by atoms with Gasteiger partial charge in [-0.25, -0.2) is 0 Å². The molecule has 0 aliphatic rings. The molecule has 3 heteroatoms. The Morgan fingerprint density at radius 1 is 1.26 bits per heavy atom. The van der Waals surface area contributed by atoms with Gasteiger partial charge in [0.1, 0.15) is 0 Å². The van der Waals surface area contributed by atoms with Crippen LogP contribution in [0, 0.1) is 0 Å². The van der Waals surface area contributed by atoms with E-state index in [1.165, 1.54) is 24.6 Å². The van der Waals surface area contributed by atoms with E-state index in [0.717, 1.165) is 0 Å². The molecule has 2 atom stereocenters. The first-order valence-corrected chi connectivity index (χ1v) is 14.4. The van der Waals surface area contributed by atoms with Crippen molar-refractivity contribution in [1.82, 2.24) is 5.32 Å². The zero-order chi connectivity index (χ0) is 15.3. The normalized spacial score (nSPS) is 17.2. The standard InChI is InChI=1S/C16H37NSi2/c1-10-15(4)17-11-12-19(18(8)9,13-14(2)3)16(5,6)7/h13,15,17-18H,10-12H2,1-9H3. The summed E-state index contributed by atoms with van der Waals surface area (Å²) in [5, 5.41) is 4.20. The third-order valence-electron chi connectivity index (χ3n) is 4.62. The van der Waals surface area contributed by atoms with Crippen molar-refractivity contribution >= 4 is 15.9 Å². The fourth-order valence-corrected chi connectivity index (χ4v) is 18.1. The third-order valence-corrected chi connectivity index (χ3v) is 21.8. The van der Waals surface area contributed by atoms with Crippen LogP contribution in [0.15, 0.2) is 11.3 Å². The second kappa shape index (κ2) is 7.79. The van der Waals surface area contributed by atoms with Crippen LogP contribution in [0.5, 0.6) is 0 Å². The van der Waals surface area contributed by atoms with Crippen LogP contribution in [-0.2, 0) is 0 Å². The Bertz CT molecular complexity index is 288. The predicted octanol–water partition coefficient (Wildman–Crippen LogP) is 4.69. The molecule has 0 aromatic carbocycles. The van der Waals surface area contributed by atoms with Gasteiger partial charge in [-0.1, -0.05) is 52.1 Å². The molecule has 114 valence electrons. The summed E-state index contributed by atoms with van der Waals surface area (Å²) in [4.78, 5) is 0. The van der Waals surface area contributed by atoms with Crippen LogP contribution in [-0.4, -0.2) is 28.5 Å². The van der Waals surface area contributed by atoms with Gasteiger partial charge >= 0.3 is 0 Å². The molecular formula is C16H37NSi2. The van der Waals surface area contributed by atoms with Gasteiger partial charge < -0.3 is 5.32 Å².